The van der Waals surface area contributed by atoms with Gasteiger partial charge in [-0.05, 0) is 37.3 Å². The smallest absolute Gasteiger partial charge is 0.233 e. The first-order chi connectivity index (χ1) is 10.2. The molecule has 0 atom stereocenters. The number of ketones is 1. The summed E-state index contributed by atoms with van der Waals surface area (Å²) in [6.45, 7) is 2.06. The molecule has 21 heavy (non-hydrogen) atoms. The van der Waals surface area contributed by atoms with E-state index in [2.05, 4.69) is 19.1 Å². The van der Waals surface area contributed by atoms with Crippen molar-refractivity contribution in [3.8, 4) is 5.75 Å². The molecule has 0 amide bonds. The molecule has 3 heteroatoms. The Balaban J connectivity index is 1.80. The van der Waals surface area contributed by atoms with Crippen molar-refractivity contribution in [3.63, 3.8) is 0 Å². The number of para-hydroxylation sites is 1. The van der Waals surface area contributed by atoms with Crippen molar-refractivity contribution in [2.24, 2.45) is 0 Å². The van der Waals surface area contributed by atoms with Crippen LogP contribution in [0, 0.1) is 6.92 Å². The number of hydrogen-bond donors (Lipinski definition) is 0. The van der Waals surface area contributed by atoms with Crippen LogP contribution in [0.25, 0.3) is 17.1 Å². The number of carbonyl (C=O) groups excluding carboxylic acids is 1. The summed E-state index contributed by atoms with van der Waals surface area (Å²) < 4.78 is 7.58. The lowest BCUT2D eigenvalue weighted by Gasteiger charge is -2.01. The predicted octanol–water partition coefficient (Wildman–Crippen LogP) is 4.02. The van der Waals surface area contributed by atoms with Crippen molar-refractivity contribution in [1.82, 2.24) is 4.57 Å². The zero-order valence-corrected chi connectivity index (χ0v) is 11.5. The summed E-state index contributed by atoms with van der Waals surface area (Å²) in [7, 11) is 0. The normalized spacial score (nSPS) is 15.5. The number of aromatic nitrogens is 1. The molecule has 3 nitrogen and oxygen atoms in total. The third-order valence-corrected chi connectivity index (χ3v) is 3.71. The van der Waals surface area contributed by atoms with E-state index in [4.69, 9.17) is 4.74 Å². The highest BCUT2D eigenvalue weighted by molar-refractivity contribution is 6.13. The summed E-state index contributed by atoms with van der Waals surface area (Å²) in [6, 6.07) is 15.6. The number of nitrogens with zero attached hydrogens (tertiary/aromatic N) is 1. The number of carbonyl (C=O) groups is 1. The third-order valence-electron chi connectivity index (χ3n) is 3.71. The molecule has 0 unspecified atom stereocenters. The lowest BCUT2D eigenvalue weighted by molar-refractivity contribution is 0.101. The van der Waals surface area contributed by atoms with E-state index in [1.54, 1.807) is 12.3 Å². The second-order valence-electron chi connectivity index (χ2n) is 5.21. The van der Waals surface area contributed by atoms with Crippen LogP contribution >= 0.6 is 0 Å². The molecule has 2 heterocycles. The molecule has 0 saturated heterocycles. The lowest BCUT2D eigenvalue weighted by atomic mass is 10.1. The largest absolute Gasteiger partial charge is 0.451 e. The molecule has 102 valence electrons. The SMILES string of the molecule is Cc1ccc2c(ccn2/C=C2/Oc3ccccc3C2=O)c1. The Labute approximate surface area is 122 Å². The van der Waals surface area contributed by atoms with Crippen molar-refractivity contribution < 1.29 is 9.53 Å². The first-order valence-corrected chi connectivity index (χ1v) is 6.83. The standard InChI is InChI=1S/C18H13NO2/c1-12-6-7-15-13(10-12)8-9-19(15)11-17-18(20)14-4-2-3-5-16(14)21-17/h2-11H,1H3/b17-11+. The average molecular weight is 275 g/mol. The first kappa shape index (κ1) is 12.0. The first-order valence-electron chi connectivity index (χ1n) is 6.83. The third kappa shape index (κ3) is 1.86. The van der Waals surface area contributed by atoms with E-state index in [9.17, 15) is 4.79 Å². The van der Waals surface area contributed by atoms with Crippen molar-refractivity contribution in [1.29, 1.82) is 0 Å². The van der Waals surface area contributed by atoms with Gasteiger partial charge >= 0.3 is 0 Å². The molecule has 1 aromatic heterocycles. The van der Waals surface area contributed by atoms with Gasteiger partial charge in [-0.1, -0.05) is 23.8 Å². The number of allylic oxidation sites excluding steroid dienone is 1. The van der Waals surface area contributed by atoms with Gasteiger partial charge in [-0.25, -0.2) is 0 Å². The summed E-state index contributed by atoms with van der Waals surface area (Å²) in [5.74, 6) is 0.912. The van der Waals surface area contributed by atoms with E-state index in [-0.39, 0.29) is 5.78 Å². The molecule has 1 aliphatic rings. The number of Topliss-reactive ketones (excluding diaryl/α,β-unsaturated/α-hetero) is 1. The summed E-state index contributed by atoms with van der Waals surface area (Å²) in [5, 5.41) is 1.15. The fourth-order valence-corrected chi connectivity index (χ4v) is 2.65. The van der Waals surface area contributed by atoms with Gasteiger partial charge in [-0.2, -0.15) is 0 Å². The molecule has 4 rings (SSSR count). The second-order valence-corrected chi connectivity index (χ2v) is 5.21. The van der Waals surface area contributed by atoms with Crippen LogP contribution in [0.5, 0.6) is 5.75 Å². The molecule has 2 aromatic carbocycles. The van der Waals surface area contributed by atoms with Crippen molar-refractivity contribution in [2.75, 3.05) is 0 Å². The number of hydrogen-bond acceptors (Lipinski definition) is 2. The van der Waals surface area contributed by atoms with Crippen LogP contribution in [0.3, 0.4) is 0 Å². The Bertz CT molecular complexity index is 902. The zero-order chi connectivity index (χ0) is 14.4. The van der Waals surface area contributed by atoms with Gasteiger partial charge in [0.05, 0.1) is 17.3 Å². The van der Waals surface area contributed by atoms with Crippen LogP contribution in [-0.4, -0.2) is 10.4 Å². The van der Waals surface area contributed by atoms with E-state index >= 15 is 0 Å². The Morgan fingerprint density at radius 1 is 1.10 bits per heavy atom. The maximum atomic E-state index is 12.3. The van der Waals surface area contributed by atoms with E-state index < -0.39 is 0 Å². The van der Waals surface area contributed by atoms with Crippen molar-refractivity contribution in [2.45, 2.75) is 6.92 Å². The monoisotopic (exact) mass is 275 g/mol. The van der Waals surface area contributed by atoms with Gasteiger partial charge in [0, 0.05) is 11.6 Å². The van der Waals surface area contributed by atoms with Gasteiger partial charge in [0.15, 0.2) is 5.76 Å². The number of aryl methyl sites for hydroxylation is 1. The molecule has 1 aliphatic heterocycles. The molecule has 0 fully saturated rings. The molecular formula is C18H13NO2. The molecule has 0 aliphatic carbocycles. The Morgan fingerprint density at radius 2 is 1.95 bits per heavy atom. The van der Waals surface area contributed by atoms with Crippen LogP contribution in [-0.2, 0) is 0 Å². The lowest BCUT2D eigenvalue weighted by Crippen LogP contribution is -2.00. The summed E-state index contributed by atoms with van der Waals surface area (Å²) in [5.41, 5.74) is 2.89. The molecule has 0 N–H and O–H groups in total. The van der Waals surface area contributed by atoms with Crippen molar-refractivity contribution >= 4 is 22.9 Å². The molecule has 0 saturated carbocycles. The number of rotatable bonds is 1. The van der Waals surface area contributed by atoms with Crippen LogP contribution in [0.15, 0.2) is 60.5 Å². The number of ether oxygens (including phenoxy) is 1. The minimum atomic E-state index is -0.0699. The summed E-state index contributed by atoms with van der Waals surface area (Å²) in [6.07, 6.45) is 3.69. The number of fused-ring (bicyclic) bond motifs is 2. The van der Waals surface area contributed by atoms with E-state index in [1.807, 2.05) is 41.1 Å². The van der Waals surface area contributed by atoms with E-state index in [0.29, 0.717) is 17.1 Å². The predicted molar refractivity (Wildman–Crippen MR) is 82.3 cm³/mol. The molecular weight excluding hydrogens is 262 g/mol. The van der Waals surface area contributed by atoms with Gasteiger partial charge in [0.25, 0.3) is 0 Å². The topological polar surface area (TPSA) is 31.2 Å². The Kier molecular flexibility index (Phi) is 2.48. The molecule has 3 aromatic rings. The number of benzene rings is 2. The highest BCUT2D eigenvalue weighted by Crippen LogP contribution is 2.31. The van der Waals surface area contributed by atoms with Crippen LogP contribution in [0.1, 0.15) is 15.9 Å². The maximum absolute atomic E-state index is 12.3. The minimum Gasteiger partial charge on any atom is -0.451 e. The quantitative estimate of drug-likeness (QED) is 0.628. The minimum absolute atomic E-state index is 0.0699. The summed E-state index contributed by atoms with van der Waals surface area (Å²) >= 11 is 0. The second kappa shape index (κ2) is 4.35. The fraction of sp³-hybridized carbons (Fsp3) is 0.0556. The molecule has 0 spiro atoms. The highest BCUT2D eigenvalue weighted by atomic mass is 16.5. The Morgan fingerprint density at radius 3 is 2.81 bits per heavy atom. The average Bonchev–Trinajstić information content (AvgIpc) is 3.02. The summed E-state index contributed by atoms with van der Waals surface area (Å²) in [4.78, 5) is 12.3. The van der Waals surface area contributed by atoms with Crippen LogP contribution < -0.4 is 4.74 Å². The van der Waals surface area contributed by atoms with Gasteiger partial charge in [-0.15, -0.1) is 0 Å². The van der Waals surface area contributed by atoms with Crippen molar-refractivity contribution in [3.05, 3.63) is 71.6 Å². The molecule has 0 radical (unpaired) electrons. The van der Waals surface area contributed by atoms with Crippen LogP contribution in [0.2, 0.25) is 0 Å². The van der Waals surface area contributed by atoms with Gasteiger partial charge < -0.3 is 9.30 Å². The molecule has 0 bridgehead atoms. The van der Waals surface area contributed by atoms with Crippen LogP contribution in [0.4, 0.5) is 0 Å². The van der Waals surface area contributed by atoms with Gasteiger partial charge in [0.2, 0.25) is 5.78 Å². The Hall–Kier alpha value is -2.81. The van der Waals surface area contributed by atoms with E-state index in [1.165, 1.54) is 5.56 Å². The van der Waals surface area contributed by atoms with E-state index in [0.717, 1.165) is 10.9 Å². The fourth-order valence-electron chi connectivity index (χ4n) is 2.65. The maximum Gasteiger partial charge on any atom is 0.233 e. The highest BCUT2D eigenvalue weighted by Gasteiger charge is 2.26. The van der Waals surface area contributed by atoms with Gasteiger partial charge in [0.1, 0.15) is 5.75 Å². The van der Waals surface area contributed by atoms with Gasteiger partial charge in [-0.3, -0.25) is 4.79 Å². The zero-order valence-electron chi connectivity index (χ0n) is 11.5.